The van der Waals surface area contributed by atoms with Gasteiger partial charge in [-0.2, -0.15) is 10.2 Å². The molecular weight excluding hydrogens is 432 g/mol. The van der Waals surface area contributed by atoms with Crippen molar-refractivity contribution < 1.29 is 4.79 Å². The highest BCUT2D eigenvalue weighted by molar-refractivity contribution is 6.32. The number of carbonyl (C=O) groups is 1. The number of anilines is 1. The van der Waals surface area contributed by atoms with Crippen LogP contribution in [0.3, 0.4) is 0 Å². The summed E-state index contributed by atoms with van der Waals surface area (Å²) < 4.78 is 1.67. The Morgan fingerprint density at radius 3 is 2.69 bits per heavy atom. The molecule has 10 nitrogen and oxygen atoms in total. The van der Waals surface area contributed by atoms with E-state index >= 15 is 0 Å². The first-order valence-corrected chi connectivity index (χ1v) is 9.87. The Balaban J connectivity index is 1.45. The van der Waals surface area contributed by atoms with Crippen LogP contribution in [0.15, 0.2) is 66.1 Å². The number of pyridine rings is 2. The predicted molar refractivity (Wildman–Crippen MR) is 119 cm³/mol. The van der Waals surface area contributed by atoms with Gasteiger partial charge in [-0.1, -0.05) is 23.7 Å². The maximum Gasteiger partial charge on any atom is 0.291 e. The second kappa shape index (κ2) is 7.75. The van der Waals surface area contributed by atoms with Gasteiger partial charge in [0.1, 0.15) is 0 Å². The fourth-order valence-electron chi connectivity index (χ4n) is 3.47. The average molecular weight is 447 g/mol. The van der Waals surface area contributed by atoms with Gasteiger partial charge in [0.2, 0.25) is 0 Å². The molecule has 5 rings (SSSR count). The number of rotatable bonds is 4. The highest BCUT2D eigenvalue weighted by atomic mass is 35.5. The number of nitrogens with zero attached hydrogens (tertiary/aromatic N) is 6. The summed E-state index contributed by atoms with van der Waals surface area (Å²) in [6.45, 7) is 0. The molecule has 11 heteroatoms. The summed E-state index contributed by atoms with van der Waals surface area (Å²) in [4.78, 5) is 37.4. The van der Waals surface area contributed by atoms with Crippen LogP contribution < -0.4 is 10.9 Å². The smallest absolute Gasteiger partial charge is 0.291 e. The largest absolute Gasteiger partial charge is 0.329 e. The zero-order valence-electron chi connectivity index (χ0n) is 16.7. The van der Waals surface area contributed by atoms with Crippen molar-refractivity contribution in [1.82, 2.24) is 34.5 Å². The van der Waals surface area contributed by atoms with Crippen LogP contribution in [-0.2, 0) is 7.05 Å². The summed E-state index contributed by atoms with van der Waals surface area (Å²) in [6.07, 6.45) is 7.68. The van der Waals surface area contributed by atoms with Crippen LogP contribution in [0, 0.1) is 0 Å². The molecule has 0 atom stereocenters. The van der Waals surface area contributed by atoms with E-state index in [9.17, 15) is 9.59 Å². The van der Waals surface area contributed by atoms with Crippen LogP contribution in [0.25, 0.3) is 27.8 Å². The van der Waals surface area contributed by atoms with Gasteiger partial charge in [-0.3, -0.25) is 9.59 Å². The van der Waals surface area contributed by atoms with E-state index in [0.717, 1.165) is 10.9 Å². The number of H-pyrrole nitrogens is 1. The Hall–Kier alpha value is -4.31. The van der Waals surface area contributed by atoms with E-state index in [-0.39, 0.29) is 16.4 Å². The van der Waals surface area contributed by atoms with E-state index < -0.39 is 5.91 Å². The van der Waals surface area contributed by atoms with Gasteiger partial charge >= 0.3 is 0 Å². The Morgan fingerprint density at radius 2 is 1.91 bits per heavy atom. The minimum Gasteiger partial charge on any atom is -0.329 e. The lowest BCUT2D eigenvalue weighted by Gasteiger charge is -2.10. The maximum atomic E-state index is 12.9. The fourth-order valence-corrected chi connectivity index (χ4v) is 3.72. The molecule has 2 N–H and O–H groups in total. The Kier molecular flexibility index (Phi) is 4.75. The summed E-state index contributed by atoms with van der Waals surface area (Å²) in [6, 6.07) is 8.81. The molecule has 4 heterocycles. The second-order valence-electron chi connectivity index (χ2n) is 6.90. The third kappa shape index (κ3) is 3.32. The molecule has 0 aliphatic rings. The number of aromatic nitrogens is 7. The van der Waals surface area contributed by atoms with Crippen LogP contribution >= 0.6 is 11.6 Å². The standard InChI is InChI=1S/C21H15ClN8O2/c1-29-17(14-3-2-4-15-13(14)5-6-23-20(15)31)11-25-19(29)21(32)28-12-9-16(22)18(24-10-12)30-26-7-8-27-30/h2-11H,1H3,(H,23,31)(H,28,32). The molecule has 0 aliphatic heterocycles. The molecule has 0 saturated heterocycles. The van der Waals surface area contributed by atoms with Gasteiger partial charge in [0, 0.05) is 24.2 Å². The Bertz CT molecular complexity index is 1520. The normalized spacial score (nSPS) is 11.1. The predicted octanol–water partition coefficient (Wildman–Crippen LogP) is 2.81. The molecule has 0 fully saturated rings. The summed E-state index contributed by atoms with van der Waals surface area (Å²) >= 11 is 6.27. The molecule has 0 radical (unpaired) electrons. The number of halogens is 1. The number of imidazole rings is 1. The van der Waals surface area contributed by atoms with Gasteiger partial charge in [0.05, 0.1) is 41.2 Å². The molecule has 0 saturated carbocycles. The molecule has 0 spiro atoms. The minimum absolute atomic E-state index is 0.178. The van der Waals surface area contributed by atoms with Crippen LogP contribution in [0.1, 0.15) is 10.6 Å². The molecular formula is C21H15ClN8O2. The fraction of sp³-hybridized carbons (Fsp3) is 0.0476. The zero-order chi connectivity index (χ0) is 22.2. The summed E-state index contributed by atoms with van der Waals surface area (Å²) in [5, 5.41) is 12.3. The van der Waals surface area contributed by atoms with Gasteiger partial charge in [0.25, 0.3) is 11.5 Å². The van der Waals surface area contributed by atoms with Gasteiger partial charge in [-0.15, -0.1) is 4.80 Å². The van der Waals surface area contributed by atoms with Crippen molar-refractivity contribution in [3.63, 3.8) is 0 Å². The monoisotopic (exact) mass is 446 g/mol. The molecule has 4 aromatic heterocycles. The Morgan fingerprint density at radius 1 is 1.09 bits per heavy atom. The summed E-state index contributed by atoms with van der Waals surface area (Å²) in [7, 11) is 1.74. The third-order valence-electron chi connectivity index (χ3n) is 4.97. The number of nitrogens with one attached hydrogen (secondary N) is 2. The van der Waals surface area contributed by atoms with Crippen molar-refractivity contribution in [2.75, 3.05) is 5.32 Å². The lowest BCUT2D eigenvalue weighted by Crippen LogP contribution is -2.17. The molecule has 0 aliphatic carbocycles. The van der Waals surface area contributed by atoms with Crippen molar-refractivity contribution in [2.45, 2.75) is 0 Å². The second-order valence-corrected chi connectivity index (χ2v) is 7.31. The van der Waals surface area contributed by atoms with Crippen molar-refractivity contribution in [1.29, 1.82) is 0 Å². The number of amides is 1. The van der Waals surface area contributed by atoms with E-state index in [1.807, 2.05) is 12.1 Å². The van der Waals surface area contributed by atoms with Gasteiger partial charge in [0.15, 0.2) is 11.6 Å². The number of fused-ring (bicyclic) bond motifs is 1. The number of aromatic amines is 1. The minimum atomic E-state index is -0.431. The van der Waals surface area contributed by atoms with E-state index in [1.54, 1.807) is 42.2 Å². The van der Waals surface area contributed by atoms with E-state index in [4.69, 9.17) is 11.6 Å². The van der Waals surface area contributed by atoms with Crippen LogP contribution in [0.2, 0.25) is 5.02 Å². The number of carbonyl (C=O) groups excluding carboxylic acids is 1. The van der Waals surface area contributed by atoms with Crippen molar-refractivity contribution in [3.8, 4) is 17.1 Å². The van der Waals surface area contributed by atoms with Crippen LogP contribution in [-0.4, -0.2) is 40.4 Å². The van der Waals surface area contributed by atoms with Gasteiger partial charge < -0.3 is 14.9 Å². The highest BCUT2D eigenvalue weighted by Gasteiger charge is 2.18. The quantitative estimate of drug-likeness (QED) is 0.437. The number of hydrogen-bond acceptors (Lipinski definition) is 6. The Labute approximate surface area is 185 Å². The zero-order valence-corrected chi connectivity index (χ0v) is 17.4. The van der Waals surface area contributed by atoms with E-state index in [1.165, 1.54) is 23.4 Å². The van der Waals surface area contributed by atoms with E-state index in [0.29, 0.717) is 22.6 Å². The third-order valence-corrected chi connectivity index (χ3v) is 5.25. The van der Waals surface area contributed by atoms with Crippen molar-refractivity contribution in [3.05, 3.63) is 82.5 Å². The molecule has 32 heavy (non-hydrogen) atoms. The molecule has 1 aromatic carbocycles. The summed E-state index contributed by atoms with van der Waals surface area (Å²) in [5.74, 6) is 0.107. The number of hydrogen-bond donors (Lipinski definition) is 2. The molecule has 158 valence electrons. The molecule has 5 aromatic rings. The number of benzene rings is 1. The molecule has 1 amide bonds. The van der Waals surface area contributed by atoms with E-state index in [2.05, 4.69) is 30.5 Å². The first-order valence-electron chi connectivity index (χ1n) is 9.49. The average Bonchev–Trinajstić information content (AvgIpc) is 3.44. The molecule has 0 unspecified atom stereocenters. The lowest BCUT2D eigenvalue weighted by molar-refractivity contribution is 0.101. The SMILES string of the molecule is Cn1c(-c2cccc3c(=O)[nH]ccc23)cnc1C(=O)Nc1cnc(-n2nccn2)c(Cl)c1. The van der Waals surface area contributed by atoms with Crippen molar-refractivity contribution >= 4 is 34.0 Å². The highest BCUT2D eigenvalue weighted by Crippen LogP contribution is 2.27. The first kappa shape index (κ1) is 19.6. The van der Waals surface area contributed by atoms with Gasteiger partial charge in [-0.05, 0) is 23.6 Å². The lowest BCUT2D eigenvalue weighted by atomic mass is 10.0. The van der Waals surface area contributed by atoms with Crippen molar-refractivity contribution in [2.24, 2.45) is 7.05 Å². The topological polar surface area (TPSA) is 123 Å². The summed E-state index contributed by atoms with van der Waals surface area (Å²) in [5.41, 5.74) is 1.71. The van der Waals surface area contributed by atoms with Gasteiger partial charge in [-0.25, -0.2) is 9.97 Å². The first-order chi connectivity index (χ1) is 15.5. The molecule has 0 bridgehead atoms. The maximum absolute atomic E-state index is 12.9. The van der Waals surface area contributed by atoms with Crippen LogP contribution in [0.4, 0.5) is 5.69 Å². The van der Waals surface area contributed by atoms with Crippen LogP contribution in [0.5, 0.6) is 0 Å².